The van der Waals surface area contributed by atoms with Crippen molar-refractivity contribution in [2.45, 2.75) is 25.9 Å². The minimum Gasteiger partial charge on any atom is -0.494 e. The third-order valence-corrected chi connectivity index (χ3v) is 3.72. The van der Waals surface area contributed by atoms with Crippen LogP contribution in [0.4, 0.5) is 13.2 Å². The average molecular weight is 407 g/mol. The summed E-state index contributed by atoms with van der Waals surface area (Å²) in [6.45, 7) is 2.68. The molecule has 0 unspecified atom stereocenters. The van der Waals surface area contributed by atoms with Crippen molar-refractivity contribution in [2.75, 3.05) is 6.61 Å². The van der Waals surface area contributed by atoms with E-state index < -0.39 is 18.0 Å². The van der Waals surface area contributed by atoms with Crippen LogP contribution in [-0.2, 0) is 4.79 Å². The van der Waals surface area contributed by atoms with Crippen molar-refractivity contribution in [3.63, 3.8) is 0 Å². The Morgan fingerprint density at radius 2 is 1.83 bits per heavy atom. The van der Waals surface area contributed by atoms with Crippen LogP contribution in [0.25, 0.3) is 22.9 Å². The Balaban J connectivity index is 1.79. The van der Waals surface area contributed by atoms with Gasteiger partial charge in [-0.05, 0) is 42.8 Å². The summed E-state index contributed by atoms with van der Waals surface area (Å²) >= 11 is 0. The van der Waals surface area contributed by atoms with Gasteiger partial charge in [-0.15, -0.1) is 10.2 Å². The Bertz CT molecular complexity index is 971. The average Bonchev–Trinajstić information content (AvgIpc) is 3.18. The fourth-order valence-corrected chi connectivity index (χ4v) is 2.26. The molecule has 0 atom stereocenters. The number of hydrogen-bond acceptors (Lipinski definition) is 7. The van der Waals surface area contributed by atoms with Crippen LogP contribution < -0.4 is 9.47 Å². The fraction of sp³-hybridized carbons (Fsp3) is 0.263. The normalized spacial score (nSPS) is 11.3. The van der Waals surface area contributed by atoms with E-state index in [9.17, 15) is 18.0 Å². The van der Waals surface area contributed by atoms with Crippen molar-refractivity contribution in [2.24, 2.45) is 0 Å². The van der Waals surface area contributed by atoms with Crippen molar-refractivity contribution in [1.82, 2.24) is 15.2 Å². The van der Waals surface area contributed by atoms with E-state index >= 15 is 0 Å². The Labute approximate surface area is 163 Å². The zero-order valence-corrected chi connectivity index (χ0v) is 15.3. The van der Waals surface area contributed by atoms with Crippen LogP contribution in [0.15, 0.2) is 47.0 Å². The summed E-state index contributed by atoms with van der Waals surface area (Å²) in [6, 6.07) is 9.71. The lowest BCUT2D eigenvalue weighted by Crippen LogP contribution is -2.28. The highest BCUT2D eigenvalue weighted by Crippen LogP contribution is 2.31. The number of halogens is 3. The van der Waals surface area contributed by atoms with E-state index in [1.54, 1.807) is 24.3 Å². The monoisotopic (exact) mass is 407 g/mol. The van der Waals surface area contributed by atoms with Gasteiger partial charge >= 0.3 is 12.1 Å². The van der Waals surface area contributed by atoms with Crippen molar-refractivity contribution < 1.29 is 31.9 Å². The maximum absolute atomic E-state index is 12.5. The predicted molar refractivity (Wildman–Crippen MR) is 95.1 cm³/mol. The molecule has 7 nitrogen and oxygen atoms in total. The molecule has 152 valence electrons. The zero-order valence-electron chi connectivity index (χ0n) is 15.3. The van der Waals surface area contributed by atoms with Crippen LogP contribution in [0.3, 0.4) is 0 Å². The molecule has 3 aromatic rings. The summed E-state index contributed by atoms with van der Waals surface area (Å²) in [5, 5.41) is 7.70. The van der Waals surface area contributed by atoms with Gasteiger partial charge in [0.2, 0.25) is 11.8 Å². The Morgan fingerprint density at radius 1 is 1.10 bits per heavy atom. The number of pyridine rings is 1. The van der Waals surface area contributed by atoms with E-state index in [1.165, 1.54) is 18.3 Å². The third kappa shape index (κ3) is 5.09. The Kier molecular flexibility index (Phi) is 6.10. The van der Waals surface area contributed by atoms with Crippen molar-refractivity contribution in [3.05, 3.63) is 42.6 Å². The lowest BCUT2D eigenvalue weighted by Gasteiger charge is -2.07. The maximum atomic E-state index is 12.5. The van der Waals surface area contributed by atoms with Gasteiger partial charge in [0, 0.05) is 11.8 Å². The van der Waals surface area contributed by atoms with Gasteiger partial charge in [0.25, 0.3) is 5.89 Å². The molecule has 2 heterocycles. The molecule has 1 aromatic carbocycles. The van der Waals surface area contributed by atoms with E-state index in [1.807, 2.05) is 0 Å². The smallest absolute Gasteiger partial charge is 0.491 e. The Hall–Kier alpha value is -3.43. The largest absolute Gasteiger partial charge is 0.494 e. The van der Waals surface area contributed by atoms with Crippen LogP contribution in [-0.4, -0.2) is 33.9 Å². The van der Waals surface area contributed by atoms with Gasteiger partial charge in [-0.3, -0.25) is 0 Å². The number of carbonyl (C=O) groups excluding carboxylic acids is 1. The lowest BCUT2D eigenvalue weighted by molar-refractivity contribution is -0.189. The molecule has 0 radical (unpaired) electrons. The van der Waals surface area contributed by atoms with E-state index in [-0.39, 0.29) is 17.3 Å². The van der Waals surface area contributed by atoms with Gasteiger partial charge < -0.3 is 13.9 Å². The first-order chi connectivity index (χ1) is 13.9. The van der Waals surface area contributed by atoms with E-state index in [4.69, 9.17) is 9.15 Å². The second-order valence-corrected chi connectivity index (χ2v) is 5.88. The number of alkyl halides is 3. The predicted octanol–water partition coefficient (Wildman–Crippen LogP) is 4.45. The topological polar surface area (TPSA) is 87.3 Å². The number of benzene rings is 1. The zero-order chi connectivity index (χ0) is 20.9. The molecule has 0 saturated heterocycles. The molecular formula is C19H16F3N3O4. The SMILES string of the molecule is CCCCOc1ccc(-c2nnc(-c3cccnc3OC(=O)C(F)(F)F)o2)cc1. The van der Waals surface area contributed by atoms with Gasteiger partial charge in [-0.1, -0.05) is 13.3 Å². The highest BCUT2D eigenvalue weighted by Gasteiger charge is 2.42. The molecule has 0 spiro atoms. The van der Waals surface area contributed by atoms with E-state index in [0.29, 0.717) is 17.9 Å². The number of rotatable bonds is 7. The summed E-state index contributed by atoms with van der Waals surface area (Å²) < 4.78 is 52.8. The highest BCUT2D eigenvalue weighted by atomic mass is 19.4. The number of aromatic nitrogens is 3. The first-order valence-corrected chi connectivity index (χ1v) is 8.69. The molecule has 0 amide bonds. The molecule has 0 aliphatic heterocycles. The summed E-state index contributed by atoms with van der Waals surface area (Å²) in [4.78, 5) is 14.8. The van der Waals surface area contributed by atoms with Crippen molar-refractivity contribution >= 4 is 5.97 Å². The standard InChI is InChI=1S/C19H16F3N3O4/c1-2-3-11-27-13-8-6-12(7-9-13)15-24-25-17(28-15)14-5-4-10-23-16(14)29-18(26)19(20,21)22/h4-10H,2-3,11H2,1H3. The van der Waals surface area contributed by atoms with Crippen LogP contribution in [0, 0.1) is 0 Å². The molecule has 3 rings (SSSR count). The quantitative estimate of drug-likeness (QED) is 0.422. The first kappa shape index (κ1) is 20.3. The summed E-state index contributed by atoms with van der Waals surface area (Å²) in [5.41, 5.74) is 0.549. The highest BCUT2D eigenvalue weighted by molar-refractivity contribution is 5.79. The number of ether oxygens (including phenoxy) is 2. The van der Waals surface area contributed by atoms with Gasteiger partial charge in [-0.25, -0.2) is 9.78 Å². The van der Waals surface area contributed by atoms with Gasteiger partial charge in [0.15, 0.2) is 0 Å². The van der Waals surface area contributed by atoms with E-state index in [0.717, 1.165) is 12.8 Å². The van der Waals surface area contributed by atoms with Crippen LogP contribution in [0.1, 0.15) is 19.8 Å². The molecular weight excluding hydrogens is 391 g/mol. The van der Waals surface area contributed by atoms with Gasteiger partial charge in [-0.2, -0.15) is 13.2 Å². The molecule has 0 bridgehead atoms. The maximum Gasteiger partial charge on any atom is 0.491 e. The number of hydrogen-bond donors (Lipinski definition) is 0. The van der Waals surface area contributed by atoms with Crippen molar-refractivity contribution in [1.29, 1.82) is 0 Å². The molecule has 29 heavy (non-hydrogen) atoms. The van der Waals surface area contributed by atoms with Crippen LogP contribution >= 0.6 is 0 Å². The number of carbonyl (C=O) groups is 1. The molecule has 0 aliphatic rings. The third-order valence-electron chi connectivity index (χ3n) is 3.72. The minimum atomic E-state index is -5.16. The molecule has 0 aliphatic carbocycles. The Morgan fingerprint density at radius 3 is 2.52 bits per heavy atom. The molecule has 2 aromatic heterocycles. The second-order valence-electron chi connectivity index (χ2n) is 5.88. The van der Waals surface area contributed by atoms with Crippen LogP contribution in [0.2, 0.25) is 0 Å². The van der Waals surface area contributed by atoms with E-state index in [2.05, 4.69) is 26.8 Å². The minimum absolute atomic E-state index is 0.0385. The fourth-order valence-electron chi connectivity index (χ4n) is 2.26. The summed E-state index contributed by atoms with van der Waals surface area (Å²) in [7, 11) is 0. The number of unbranched alkanes of at least 4 members (excludes halogenated alkanes) is 1. The van der Waals surface area contributed by atoms with Gasteiger partial charge in [0.05, 0.1) is 6.61 Å². The summed E-state index contributed by atoms with van der Waals surface area (Å²) in [6.07, 6.45) is -2.01. The first-order valence-electron chi connectivity index (χ1n) is 8.69. The molecule has 0 N–H and O–H groups in total. The summed E-state index contributed by atoms with van der Waals surface area (Å²) in [5.74, 6) is -2.28. The van der Waals surface area contributed by atoms with Crippen molar-refractivity contribution in [3.8, 4) is 34.5 Å². The molecule has 0 saturated carbocycles. The van der Waals surface area contributed by atoms with Gasteiger partial charge in [0.1, 0.15) is 11.3 Å². The number of nitrogens with zero attached hydrogens (tertiary/aromatic N) is 3. The van der Waals surface area contributed by atoms with Crippen LogP contribution in [0.5, 0.6) is 11.6 Å². The molecule has 10 heteroatoms. The number of esters is 1. The lowest BCUT2D eigenvalue weighted by atomic mass is 10.2. The second kappa shape index (κ2) is 8.72. The molecule has 0 fully saturated rings.